The van der Waals surface area contributed by atoms with E-state index in [1.165, 1.54) is 19.3 Å². The monoisotopic (exact) mass is 185 g/mol. The molecule has 1 saturated carbocycles. The van der Waals surface area contributed by atoms with E-state index in [-0.39, 0.29) is 5.60 Å². The minimum absolute atomic E-state index is 0.0847. The molecule has 1 rings (SSSR count). The lowest BCUT2D eigenvalue weighted by molar-refractivity contribution is -0.1000. The lowest BCUT2D eigenvalue weighted by Crippen LogP contribution is -2.42. The lowest BCUT2D eigenvalue weighted by Gasteiger charge is -2.30. The van der Waals surface area contributed by atoms with Crippen molar-refractivity contribution < 1.29 is 4.84 Å². The Kier molecular flexibility index (Phi) is 3.03. The van der Waals surface area contributed by atoms with Crippen LogP contribution in [-0.4, -0.2) is 11.6 Å². The first-order valence-electron chi connectivity index (χ1n) is 5.25. The summed E-state index contributed by atoms with van der Waals surface area (Å²) in [6.07, 6.45) is 3.86. The highest BCUT2D eigenvalue weighted by atomic mass is 16.7. The van der Waals surface area contributed by atoms with Crippen molar-refractivity contribution in [1.29, 1.82) is 0 Å². The largest absolute Gasteiger partial charge is 0.296 e. The van der Waals surface area contributed by atoms with E-state index in [1.54, 1.807) is 0 Å². The first-order valence-corrected chi connectivity index (χ1v) is 5.25. The Morgan fingerprint density at radius 2 is 1.92 bits per heavy atom. The fraction of sp³-hybridized carbons (Fsp3) is 1.00. The molecule has 0 aromatic carbocycles. The summed E-state index contributed by atoms with van der Waals surface area (Å²) in [7, 11) is 0. The van der Waals surface area contributed by atoms with Gasteiger partial charge in [0.2, 0.25) is 0 Å². The van der Waals surface area contributed by atoms with Gasteiger partial charge in [-0.25, -0.2) is 0 Å². The van der Waals surface area contributed by atoms with Crippen LogP contribution < -0.4 is 5.48 Å². The van der Waals surface area contributed by atoms with Gasteiger partial charge < -0.3 is 0 Å². The second kappa shape index (κ2) is 3.58. The summed E-state index contributed by atoms with van der Waals surface area (Å²) in [6.45, 7) is 10.8. The van der Waals surface area contributed by atoms with Gasteiger partial charge in [-0.2, -0.15) is 5.48 Å². The van der Waals surface area contributed by atoms with Gasteiger partial charge >= 0.3 is 0 Å². The molecule has 78 valence electrons. The zero-order valence-corrected chi connectivity index (χ0v) is 9.61. The molecule has 0 heterocycles. The molecule has 0 radical (unpaired) electrons. The molecule has 0 spiro atoms. The lowest BCUT2D eigenvalue weighted by atomic mass is 9.88. The maximum absolute atomic E-state index is 5.60. The Bertz CT molecular complexity index is 169. The van der Waals surface area contributed by atoms with E-state index >= 15 is 0 Å². The SMILES string of the molecule is CC(C)(C)ONC1CCCC1(C)C. The molecule has 2 nitrogen and oxygen atoms in total. The molecule has 0 amide bonds. The zero-order chi connectivity index (χ0) is 10.1. The van der Waals surface area contributed by atoms with Crippen molar-refractivity contribution in [2.24, 2.45) is 5.41 Å². The van der Waals surface area contributed by atoms with Crippen molar-refractivity contribution >= 4 is 0 Å². The van der Waals surface area contributed by atoms with Gasteiger partial charge in [-0.05, 0) is 39.0 Å². The first kappa shape index (κ1) is 11.0. The van der Waals surface area contributed by atoms with Gasteiger partial charge in [0.15, 0.2) is 0 Å². The fourth-order valence-corrected chi connectivity index (χ4v) is 1.79. The minimum Gasteiger partial charge on any atom is -0.296 e. The molecular weight excluding hydrogens is 162 g/mol. The molecule has 0 saturated heterocycles. The van der Waals surface area contributed by atoms with Crippen molar-refractivity contribution in [2.75, 3.05) is 0 Å². The van der Waals surface area contributed by atoms with Crippen molar-refractivity contribution in [2.45, 2.75) is 65.5 Å². The standard InChI is InChI=1S/C11H23NO/c1-10(2,3)13-12-9-7-6-8-11(9,4)5/h9,12H,6-8H2,1-5H3. The molecular formula is C11H23NO. The van der Waals surface area contributed by atoms with E-state index in [4.69, 9.17) is 4.84 Å². The van der Waals surface area contributed by atoms with Gasteiger partial charge in [0.1, 0.15) is 0 Å². The van der Waals surface area contributed by atoms with Gasteiger partial charge in [-0.15, -0.1) is 0 Å². The molecule has 1 atom stereocenters. The summed E-state index contributed by atoms with van der Waals surface area (Å²) in [5.74, 6) is 0. The second-order valence-electron chi connectivity index (χ2n) is 5.77. The molecule has 0 aromatic heterocycles. The third-order valence-electron chi connectivity index (χ3n) is 2.76. The van der Waals surface area contributed by atoms with Gasteiger partial charge in [-0.3, -0.25) is 4.84 Å². The van der Waals surface area contributed by atoms with Crippen LogP contribution in [0.5, 0.6) is 0 Å². The van der Waals surface area contributed by atoms with Crippen LogP contribution in [0.2, 0.25) is 0 Å². The van der Waals surface area contributed by atoms with Crippen molar-refractivity contribution in [3.05, 3.63) is 0 Å². The molecule has 0 aliphatic heterocycles. The van der Waals surface area contributed by atoms with E-state index in [9.17, 15) is 0 Å². The molecule has 0 bridgehead atoms. The Balaban J connectivity index is 2.37. The van der Waals surface area contributed by atoms with Crippen molar-refractivity contribution in [1.82, 2.24) is 5.48 Å². The van der Waals surface area contributed by atoms with E-state index in [2.05, 4.69) is 40.1 Å². The molecule has 13 heavy (non-hydrogen) atoms. The highest BCUT2D eigenvalue weighted by Crippen LogP contribution is 2.37. The third kappa shape index (κ3) is 3.28. The van der Waals surface area contributed by atoms with Crippen molar-refractivity contribution in [3.8, 4) is 0 Å². The number of rotatable bonds is 2. The average Bonchev–Trinajstić information content (AvgIpc) is 2.23. The Hall–Kier alpha value is -0.0800. The van der Waals surface area contributed by atoms with Crippen LogP contribution in [0.4, 0.5) is 0 Å². The maximum atomic E-state index is 5.60. The van der Waals surface area contributed by atoms with E-state index in [0.717, 1.165) is 0 Å². The highest BCUT2D eigenvalue weighted by Gasteiger charge is 2.35. The Morgan fingerprint density at radius 3 is 2.31 bits per heavy atom. The van der Waals surface area contributed by atoms with Crippen LogP contribution in [0.1, 0.15) is 53.9 Å². The molecule has 1 unspecified atom stereocenters. The van der Waals surface area contributed by atoms with Crippen LogP contribution in [0.15, 0.2) is 0 Å². The summed E-state index contributed by atoms with van der Waals surface area (Å²) in [5, 5.41) is 0. The number of nitrogens with one attached hydrogen (secondary N) is 1. The summed E-state index contributed by atoms with van der Waals surface area (Å²) in [4.78, 5) is 5.60. The molecule has 0 aromatic rings. The van der Waals surface area contributed by atoms with Crippen LogP contribution in [0, 0.1) is 5.41 Å². The quantitative estimate of drug-likeness (QED) is 0.668. The van der Waals surface area contributed by atoms with Crippen LogP contribution in [0.25, 0.3) is 0 Å². The fourth-order valence-electron chi connectivity index (χ4n) is 1.79. The van der Waals surface area contributed by atoms with E-state index in [1.807, 2.05) is 0 Å². The summed E-state index contributed by atoms with van der Waals surface area (Å²) < 4.78 is 0. The maximum Gasteiger partial charge on any atom is 0.0813 e. The van der Waals surface area contributed by atoms with Crippen LogP contribution in [-0.2, 0) is 4.84 Å². The summed E-state index contributed by atoms with van der Waals surface area (Å²) in [6, 6.07) is 0.520. The minimum atomic E-state index is -0.0847. The summed E-state index contributed by atoms with van der Waals surface area (Å²) >= 11 is 0. The van der Waals surface area contributed by atoms with Gasteiger partial charge in [-0.1, -0.05) is 20.3 Å². The normalized spacial score (nSPS) is 27.9. The Labute approximate surface area is 82.0 Å². The first-order chi connectivity index (χ1) is 5.81. The number of hydrogen-bond acceptors (Lipinski definition) is 2. The third-order valence-corrected chi connectivity index (χ3v) is 2.76. The molecule has 1 fully saturated rings. The molecule has 1 aliphatic rings. The van der Waals surface area contributed by atoms with Crippen LogP contribution in [0.3, 0.4) is 0 Å². The van der Waals surface area contributed by atoms with E-state index < -0.39 is 0 Å². The number of hydrogen-bond donors (Lipinski definition) is 1. The molecule has 1 N–H and O–H groups in total. The van der Waals surface area contributed by atoms with E-state index in [0.29, 0.717) is 11.5 Å². The van der Waals surface area contributed by atoms with Gasteiger partial charge in [0, 0.05) is 6.04 Å². The average molecular weight is 185 g/mol. The van der Waals surface area contributed by atoms with Crippen LogP contribution >= 0.6 is 0 Å². The second-order valence-corrected chi connectivity index (χ2v) is 5.77. The predicted octanol–water partition coefficient (Wildman–Crippen LogP) is 2.88. The Morgan fingerprint density at radius 1 is 1.31 bits per heavy atom. The smallest absolute Gasteiger partial charge is 0.0813 e. The van der Waals surface area contributed by atoms with Gasteiger partial charge in [0.25, 0.3) is 0 Å². The van der Waals surface area contributed by atoms with Gasteiger partial charge in [0.05, 0.1) is 5.60 Å². The zero-order valence-electron chi connectivity index (χ0n) is 9.61. The summed E-state index contributed by atoms with van der Waals surface area (Å²) in [5.41, 5.74) is 3.52. The molecule has 1 aliphatic carbocycles. The predicted molar refractivity (Wildman–Crippen MR) is 55.4 cm³/mol. The molecule has 2 heteroatoms. The highest BCUT2D eigenvalue weighted by molar-refractivity contribution is 4.88. The topological polar surface area (TPSA) is 21.3 Å². The van der Waals surface area contributed by atoms with Crippen molar-refractivity contribution in [3.63, 3.8) is 0 Å². The number of hydroxylamine groups is 1.